The quantitative estimate of drug-likeness (QED) is 0.791. The van der Waals surface area contributed by atoms with Gasteiger partial charge in [-0.15, -0.1) is 0 Å². The number of piperidine rings is 1. The van der Waals surface area contributed by atoms with Crippen LogP contribution < -0.4 is 5.32 Å². The van der Waals surface area contributed by atoms with Crippen LogP contribution in [0.25, 0.3) is 0 Å². The van der Waals surface area contributed by atoms with Crippen LogP contribution in [-0.2, 0) is 9.53 Å². The number of ether oxygens (including phenoxy) is 1. The summed E-state index contributed by atoms with van der Waals surface area (Å²) in [4.78, 5) is 14.9. The van der Waals surface area contributed by atoms with Gasteiger partial charge in [0, 0.05) is 19.1 Å². The molecule has 4 heteroatoms. The Labute approximate surface area is 129 Å². The van der Waals surface area contributed by atoms with E-state index < -0.39 is 5.54 Å². The molecule has 1 heterocycles. The first-order valence-corrected chi connectivity index (χ1v) is 8.58. The van der Waals surface area contributed by atoms with Gasteiger partial charge in [-0.25, -0.2) is 0 Å². The summed E-state index contributed by atoms with van der Waals surface area (Å²) in [6, 6.07) is 0.527. The van der Waals surface area contributed by atoms with E-state index in [1.54, 1.807) is 0 Å². The average molecular weight is 296 g/mol. The number of carbonyl (C=O) groups is 1. The second-order valence-corrected chi connectivity index (χ2v) is 7.30. The van der Waals surface area contributed by atoms with Crippen molar-refractivity contribution in [1.29, 1.82) is 0 Å². The van der Waals surface area contributed by atoms with Crippen LogP contribution in [0.4, 0.5) is 0 Å². The third-order valence-corrected chi connectivity index (χ3v) is 5.19. The van der Waals surface area contributed by atoms with Crippen molar-refractivity contribution >= 4 is 5.97 Å². The first-order chi connectivity index (χ1) is 10.0. The molecule has 0 bridgehead atoms. The van der Waals surface area contributed by atoms with Gasteiger partial charge in [0.25, 0.3) is 0 Å². The number of methoxy groups -OCH3 is 1. The Morgan fingerprint density at radius 1 is 1.33 bits per heavy atom. The highest BCUT2D eigenvalue weighted by atomic mass is 16.5. The Morgan fingerprint density at radius 2 is 2.00 bits per heavy atom. The predicted octanol–water partition coefficient (Wildman–Crippen LogP) is 2.43. The molecule has 2 rings (SSSR count). The van der Waals surface area contributed by atoms with Crippen molar-refractivity contribution in [2.24, 2.45) is 11.8 Å². The first kappa shape index (κ1) is 16.8. The zero-order chi connectivity index (χ0) is 15.5. The van der Waals surface area contributed by atoms with Crippen LogP contribution in [0.1, 0.15) is 52.9 Å². The van der Waals surface area contributed by atoms with E-state index in [1.165, 1.54) is 26.6 Å². The molecule has 21 heavy (non-hydrogen) atoms. The highest BCUT2D eigenvalue weighted by Gasteiger charge is 2.47. The minimum absolute atomic E-state index is 0.0726. The van der Waals surface area contributed by atoms with Crippen molar-refractivity contribution in [3.8, 4) is 0 Å². The highest BCUT2D eigenvalue weighted by molar-refractivity contribution is 5.81. The smallest absolute Gasteiger partial charge is 0.326 e. The van der Waals surface area contributed by atoms with Crippen molar-refractivity contribution in [1.82, 2.24) is 10.2 Å². The molecule has 0 radical (unpaired) electrons. The monoisotopic (exact) mass is 296 g/mol. The molecule has 2 aliphatic rings. The zero-order valence-electron chi connectivity index (χ0n) is 14.2. The molecule has 0 amide bonds. The molecule has 0 aromatic heterocycles. The van der Waals surface area contributed by atoms with E-state index in [-0.39, 0.29) is 5.97 Å². The molecule has 4 nitrogen and oxygen atoms in total. The number of hydrogen-bond acceptors (Lipinski definition) is 4. The second-order valence-electron chi connectivity index (χ2n) is 7.30. The molecule has 1 aliphatic heterocycles. The fourth-order valence-electron chi connectivity index (χ4n) is 4.32. The molecule has 0 spiro atoms. The molecular weight excluding hydrogens is 264 g/mol. The van der Waals surface area contributed by atoms with E-state index >= 15 is 0 Å². The first-order valence-electron chi connectivity index (χ1n) is 8.58. The Hall–Kier alpha value is -0.610. The van der Waals surface area contributed by atoms with Crippen LogP contribution >= 0.6 is 0 Å². The van der Waals surface area contributed by atoms with Crippen LogP contribution in [0.2, 0.25) is 0 Å². The maximum Gasteiger partial charge on any atom is 0.326 e. The van der Waals surface area contributed by atoms with E-state index in [9.17, 15) is 4.79 Å². The largest absolute Gasteiger partial charge is 0.468 e. The Bertz CT molecular complexity index is 351. The number of rotatable bonds is 5. The summed E-state index contributed by atoms with van der Waals surface area (Å²) in [5, 5.41) is 3.49. The summed E-state index contributed by atoms with van der Waals surface area (Å²) in [5.41, 5.74) is -0.445. The normalized spacial score (nSPS) is 37.6. The predicted molar refractivity (Wildman–Crippen MR) is 85.2 cm³/mol. The lowest BCUT2D eigenvalue weighted by molar-refractivity contribution is -0.148. The molecule has 1 N–H and O–H groups in total. The van der Waals surface area contributed by atoms with Gasteiger partial charge < -0.3 is 10.1 Å². The number of esters is 1. The standard InChI is InChI=1S/C17H32N2O2/c1-5-8-18-17(16(20)21-4)7-6-15(10-17)19-11-13(2)9-14(3)12-19/h13-15,18H,5-12H2,1-4H3. The van der Waals surface area contributed by atoms with Gasteiger partial charge in [-0.2, -0.15) is 0 Å². The number of carbonyl (C=O) groups excluding carboxylic acids is 1. The van der Waals surface area contributed by atoms with Crippen LogP contribution in [0.5, 0.6) is 0 Å². The number of nitrogens with one attached hydrogen (secondary N) is 1. The van der Waals surface area contributed by atoms with E-state index in [0.717, 1.165) is 44.1 Å². The SMILES string of the molecule is CCCNC1(C(=O)OC)CCC(N2CC(C)CC(C)C2)C1. The van der Waals surface area contributed by atoms with Crippen LogP contribution in [-0.4, -0.2) is 49.2 Å². The van der Waals surface area contributed by atoms with Gasteiger partial charge in [-0.1, -0.05) is 20.8 Å². The topological polar surface area (TPSA) is 41.6 Å². The van der Waals surface area contributed by atoms with Crippen molar-refractivity contribution in [3.05, 3.63) is 0 Å². The summed E-state index contributed by atoms with van der Waals surface area (Å²) in [6.45, 7) is 10.1. The van der Waals surface area contributed by atoms with E-state index in [1.807, 2.05) is 0 Å². The van der Waals surface area contributed by atoms with Gasteiger partial charge in [0.2, 0.25) is 0 Å². The summed E-state index contributed by atoms with van der Waals surface area (Å²) in [7, 11) is 1.51. The summed E-state index contributed by atoms with van der Waals surface area (Å²) < 4.78 is 5.09. The van der Waals surface area contributed by atoms with Gasteiger partial charge in [0.1, 0.15) is 5.54 Å². The lowest BCUT2D eigenvalue weighted by Crippen LogP contribution is -2.53. The summed E-state index contributed by atoms with van der Waals surface area (Å²) in [6.07, 6.45) is 5.29. The minimum Gasteiger partial charge on any atom is -0.468 e. The van der Waals surface area contributed by atoms with Crippen molar-refractivity contribution < 1.29 is 9.53 Å². The maximum absolute atomic E-state index is 12.3. The Kier molecular flexibility index (Phi) is 5.67. The average Bonchev–Trinajstić information content (AvgIpc) is 2.89. The number of likely N-dealkylation sites (tertiary alicyclic amines) is 1. The molecule has 4 atom stereocenters. The molecule has 4 unspecified atom stereocenters. The van der Waals surface area contributed by atoms with Crippen molar-refractivity contribution in [3.63, 3.8) is 0 Å². The molecular formula is C17H32N2O2. The number of nitrogens with zero attached hydrogens (tertiary/aromatic N) is 1. The molecule has 0 aromatic rings. The van der Waals surface area contributed by atoms with Gasteiger partial charge in [-0.05, 0) is 50.5 Å². The molecule has 2 fully saturated rings. The molecule has 1 aliphatic carbocycles. The molecule has 1 saturated heterocycles. The van der Waals surface area contributed by atoms with Gasteiger partial charge in [0.15, 0.2) is 0 Å². The fraction of sp³-hybridized carbons (Fsp3) is 0.941. The van der Waals surface area contributed by atoms with Crippen molar-refractivity contribution in [2.75, 3.05) is 26.7 Å². The lowest BCUT2D eigenvalue weighted by Gasteiger charge is -2.39. The fourth-order valence-corrected chi connectivity index (χ4v) is 4.32. The second kappa shape index (κ2) is 7.10. The van der Waals surface area contributed by atoms with Crippen LogP contribution in [0.15, 0.2) is 0 Å². The van der Waals surface area contributed by atoms with Gasteiger partial charge >= 0.3 is 5.97 Å². The van der Waals surface area contributed by atoms with Crippen molar-refractivity contribution in [2.45, 2.75) is 64.5 Å². The van der Waals surface area contributed by atoms with Crippen LogP contribution in [0, 0.1) is 11.8 Å². The summed E-state index contributed by atoms with van der Waals surface area (Å²) in [5.74, 6) is 1.47. The zero-order valence-corrected chi connectivity index (χ0v) is 14.2. The van der Waals surface area contributed by atoms with Gasteiger partial charge in [0.05, 0.1) is 7.11 Å². The third kappa shape index (κ3) is 3.78. The van der Waals surface area contributed by atoms with E-state index in [2.05, 4.69) is 31.0 Å². The van der Waals surface area contributed by atoms with E-state index in [4.69, 9.17) is 4.74 Å². The minimum atomic E-state index is -0.445. The third-order valence-electron chi connectivity index (χ3n) is 5.19. The maximum atomic E-state index is 12.3. The Morgan fingerprint density at radius 3 is 2.57 bits per heavy atom. The number of hydrogen-bond donors (Lipinski definition) is 1. The van der Waals surface area contributed by atoms with Gasteiger partial charge in [-0.3, -0.25) is 9.69 Å². The molecule has 122 valence electrons. The molecule has 1 saturated carbocycles. The lowest BCUT2D eigenvalue weighted by atomic mass is 9.90. The molecule has 0 aromatic carbocycles. The Balaban J connectivity index is 2.03. The van der Waals surface area contributed by atoms with E-state index in [0.29, 0.717) is 6.04 Å². The highest BCUT2D eigenvalue weighted by Crippen LogP contribution is 2.36. The summed E-state index contributed by atoms with van der Waals surface area (Å²) >= 11 is 0. The van der Waals surface area contributed by atoms with Crippen LogP contribution in [0.3, 0.4) is 0 Å².